The van der Waals surface area contributed by atoms with Crippen molar-refractivity contribution in [3.05, 3.63) is 0 Å². The number of hydrogen-bond donors (Lipinski definition) is 3. The first kappa shape index (κ1) is 17.2. The monoisotopic (exact) mass is 296 g/mol. The standard InChI is InChI=1S/C10H20N2O4S2/c1-7(6-18(3)16)11-10(15)12-8(9(13)14)4-5-17-2/h7-8H,4-6H2,1-3H3,(H,13,14)(H2,11,12,15). The van der Waals surface area contributed by atoms with E-state index in [2.05, 4.69) is 10.6 Å². The van der Waals surface area contributed by atoms with Crippen molar-refractivity contribution in [3.8, 4) is 0 Å². The highest BCUT2D eigenvalue weighted by Crippen LogP contribution is 2.01. The summed E-state index contributed by atoms with van der Waals surface area (Å²) in [6, 6.07) is -1.69. The van der Waals surface area contributed by atoms with Gasteiger partial charge in [-0.25, -0.2) is 9.59 Å². The third-order valence-corrected chi connectivity index (χ3v) is 3.69. The molecule has 0 aliphatic carbocycles. The van der Waals surface area contributed by atoms with Gasteiger partial charge in [-0.1, -0.05) is 0 Å². The highest BCUT2D eigenvalue weighted by atomic mass is 32.2. The van der Waals surface area contributed by atoms with Gasteiger partial charge in [-0.2, -0.15) is 11.8 Å². The van der Waals surface area contributed by atoms with Gasteiger partial charge in [0.05, 0.1) is 0 Å². The lowest BCUT2D eigenvalue weighted by molar-refractivity contribution is -0.139. The number of carboxylic acid groups (broad SMARTS) is 1. The molecule has 0 aliphatic rings. The van der Waals surface area contributed by atoms with E-state index in [4.69, 9.17) is 5.11 Å². The number of amides is 2. The van der Waals surface area contributed by atoms with Crippen LogP contribution in [0.15, 0.2) is 0 Å². The summed E-state index contributed by atoms with van der Waals surface area (Å²) in [6.07, 6.45) is 3.80. The summed E-state index contributed by atoms with van der Waals surface area (Å²) >= 11 is 1.52. The number of carbonyl (C=O) groups is 2. The minimum absolute atomic E-state index is 0.258. The number of carbonyl (C=O) groups excluding carboxylic acids is 1. The first-order chi connectivity index (χ1) is 8.36. The van der Waals surface area contributed by atoms with E-state index in [1.807, 2.05) is 6.26 Å². The molecule has 0 saturated heterocycles. The van der Waals surface area contributed by atoms with Crippen molar-refractivity contribution < 1.29 is 18.9 Å². The molecule has 0 aromatic heterocycles. The molecule has 0 aromatic carbocycles. The van der Waals surface area contributed by atoms with E-state index in [-0.39, 0.29) is 6.04 Å². The summed E-state index contributed by atoms with van der Waals surface area (Å²) in [6.45, 7) is 1.72. The Labute approximate surface area is 114 Å². The number of urea groups is 1. The van der Waals surface area contributed by atoms with E-state index in [9.17, 15) is 13.8 Å². The Bertz CT molecular complexity index is 312. The van der Waals surface area contributed by atoms with Gasteiger partial charge in [-0.3, -0.25) is 4.21 Å². The maximum Gasteiger partial charge on any atom is 0.326 e. The molecule has 106 valence electrons. The Balaban J connectivity index is 4.16. The van der Waals surface area contributed by atoms with Gasteiger partial charge >= 0.3 is 12.0 Å². The zero-order valence-corrected chi connectivity index (χ0v) is 12.4. The predicted molar refractivity (Wildman–Crippen MR) is 74.5 cm³/mol. The lowest BCUT2D eigenvalue weighted by Gasteiger charge is -2.17. The molecular weight excluding hydrogens is 276 g/mol. The lowest BCUT2D eigenvalue weighted by Crippen LogP contribution is -2.49. The Kier molecular flexibility index (Phi) is 8.82. The molecular formula is C10H20N2O4S2. The van der Waals surface area contributed by atoms with E-state index in [0.29, 0.717) is 17.9 Å². The maximum absolute atomic E-state index is 11.5. The van der Waals surface area contributed by atoms with E-state index in [0.717, 1.165) is 0 Å². The van der Waals surface area contributed by atoms with Crippen LogP contribution in [0, 0.1) is 0 Å². The van der Waals surface area contributed by atoms with E-state index in [1.165, 1.54) is 11.8 Å². The second kappa shape index (κ2) is 9.21. The van der Waals surface area contributed by atoms with E-state index < -0.39 is 28.8 Å². The third kappa shape index (κ3) is 8.35. The van der Waals surface area contributed by atoms with E-state index >= 15 is 0 Å². The third-order valence-electron chi connectivity index (χ3n) is 2.08. The van der Waals surface area contributed by atoms with Crippen molar-refractivity contribution >= 4 is 34.6 Å². The Morgan fingerprint density at radius 1 is 1.39 bits per heavy atom. The summed E-state index contributed by atoms with van der Waals surface area (Å²) in [5, 5.41) is 13.9. The largest absolute Gasteiger partial charge is 0.480 e. The number of carboxylic acids is 1. The van der Waals surface area contributed by atoms with Crippen molar-refractivity contribution in [1.82, 2.24) is 10.6 Å². The zero-order chi connectivity index (χ0) is 14.1. The van der Waals surface area contributed by atoms with Crippen LogP contribution in [-0.4, -0.2) is 57.4 Å². The average Bonchev–Trinajstić information content (AvgIpc) is 2.22. The summed E-state index contributed by atoms with van der Waals surface area (Å²) < 4.78 is 10.9. The van der Waals surface area contributed by atoms with Crippen LogP contribution in [0.25, 0.3) is 0 Å². The second-order valence-electron chi connectivity index (χ2n) is 3.93. The van der Waals surface area contributed by atoms with Crippen molar-refractivity contribution in [3.63, 3.8) is 0 Å². The van der Waals surface area contributed by atoms with Gasteiger partial charge in [0, 0.05) is 28.9 Å². The molecule has 0 fully saturated rings. The Morgan fingerprint density at radius 3 is 2.44 bits per heavy atom. The molecule has 8 heteroatoms. The van der Waals surface area contributed by atoms with E-state index in [1.54, 1.807) is 13.2 Å². The first-order valence-electron chi connectivity index (χ1n) is 5.45. The van der Waals surface area contributed by atoms with Crippen molar-refractivity contribution in [1.29, 1.82) is 0 Å². The fourth-order valence-corrected chi connectivity index (χ4v) is 2.57. The molecule has 0 rings (SSSR count). The zero-order valence-electron chi connectivity index (χ0n) is 10.8. The second-order valence-corrected chi connectivity index (χ2v) is 6.40. The number of aliphatic carboxylic acids is 1. The summed E-state index contributed by atoms with van der Waals surface area (Å²) in [5.74, 6) is -0.0483. The normalized spacial score (nSPS) is 15.5. The van der Waals surface area contributed by atoms with Crippen molar-refractivity contribution in [2.75, 3.05) is 24.0 Å². The van der Waals surface area contributed by atoms with Gasteiger partial charge < -0.3 is 15.7 Å². The van der Waals surface area contributed by atoms with Gasteiger partial charge in [0.2, 0.25) is 0 Å². The summed E-state index contributed by atoms with van der Waals surface area (Å²) in [5.41, 5.74) is 0. The smallest absolute Gasteiger partial charge is 0.326 e. The van der Waals surface area contributed by atoms with Crippen LogP contribution < -0.4 is 10.6 Å². The fourth-order valence-electron chi connectivity index (χ4n) is 1.31. The molecule has 3 N–H and O–H groups in total. The van der Waals surface area contributed by atoms with Gasteiger partial charge in [0.15, 0.2) is 0 Å². The van der Waals surface area contributed by atoms with Gasteiger partial charge in [0.1, 0.15) is 6.04 Å². The Morgan fingerprint density at radius 2 is 2.00 bits per heavy atom. The van der Waals surface area contributed by atoms with Crippen molar-refractivity contribution in [2.45, 2.75) is 25.4 Å². The average molecular weight is 296 g/mol. The minimum atomic E-state index is -1.05. The SMILES string of the molecule is CSCCC(NC(=O)NC(C)CS(C)=O)C(=O)O. The number of hydrogen-bond acceptors (Lipinski definition) is 4. The molecule has 0 bridgehead atoms. The van der Waals surface area contributed by atoms with Gasteiger partial charge in [-0.15, -0.1) is 0 Å². The van der Waals surface area contributed by atoms with Crippen molar-refractivity contribution in [2.24, 2.45) is 0 Å². The minimum Gasteiger partial charge on any atom is -0.480 e. The highest BCUT2D eigenvalue weighted by molar-refractivity contribution is 7.98. The topological polar surface area (TPSA) is 95.5 Å². The molecule has 3 atom stereocenters. The van der Waals surface area contributed by atoms with Crippen LogP contribution in [0.2, 0.25) is 0 Å². The molecule has 3 unspecified atom stereocenters. The summed E-state index contributed by atoms with van der Waals surface area (Å²) in [4.78, 5) is 22.4. The Hall–Kier alpha value is -0.760. The molecule has 2 amide bonds. The molecule has 0 aromatic rings. The predicted octanol–water partition coefficient (Wildman–Crippen LogP) is 0.259. The molecule has 18 heavy (non-hydrogen) atoms. The molecule has 0 heterocycles. The number of nitrogens with one attached hydrogen (secondary N) is 2. The fraction of sp³-hybridized carbons (Fsp3) is 0.800. The number of rotatable bonds is 8. The van der Waals surface area contributed by atoms with Crippen LogP contribution in [0.4, 0.5) is 4.79 Å². The lowest BCUT2D eigenvalue weighted by atomic mass is 10.2. The molecule has 6 nitrogen and oxygen atoms in total. The highest BCUT2D eigenvalue weighted by Gasteiger charge is 2.20. The molecule has 0 saturated carbocycles. The summed E-state index contributed by atoms with van der Waals surface area (Å²) in [7, 11) is -1.00. The first-order valence-corrected chi connectivity index (χ1v) is 8.57. The van der Waals surface area contributed by atoms with Crippen LogP contribution in [-0.2, 0) is 15.6 Å². The van der Waals surface area contributed by atoms with Gasteiger partial charge in [-0.05, 0) is 25.4 Å². The quantitative estimate of drug-likeness (QED) is 0.597. The maximum atomic E-state index is 11.5. The van der Waals surface area contributed by atoms with Crippen LogP contribution >= 0.6 is 11.8 Å². The molecule has 0 radical (unpaired) electrons. The van der Waals surface area contributed by atoms with Crippen LogP contribution in [0.5, 0.6) is 0 Å². The molecule has 0 spiro atoms. The van der Waals surface area contributed by atoms with Crippen LogP contribution in [0.3, 0.4) is 0 Å². The van der Waals surface area contributed by atoms with Crippen LogP contribution in [0.1, 0.15) is 13.3 Å². The number of thioether (sulfide) groups is 1. The molecule has 0 aliphatic heterocycles. The van der Waals surface area contributed by atoms with Gasteiger partial charge in [0.25, 0.3) is 0 Å².